The zero-order chi connectivity index (χ0) is 15.4. The molecule has 0 saturated carbocycles. The molecule has 2 rings (SSSR count). The molecule has 0 bridgehead atoms. The van der Waals surface area contributed by atoms with E-state index in [1.54, 1.807) is 6.26 Å². The maximum atomic E-state index is 5.68. The van der Waals surface area contributed by atoms with Gasteiger partial charge in [-0.15, -0.1) is 0 Å². The predicted octanol–water partition coefficient (Wildman–Crippen LogP) is 6.09. The van der Waals surface area contributed by atoms with Crippen molar-refractivity contribution in [2.24, 2.45) is 0 Å². The smallest absolute Gasteiger partial charge is 0.173 e. The van der Waals surface area contributed by atoms with Crippen molar-refractivity contribution in [3.8, 4) is 11.5 Å². The summed E-state index contributed by atoms with van der Waals surface area (Å²) >= 11 is 10.7. The average Bonchev–Trinajstić information content (AvgIpc) is 2.87. The van der Waals surface area contributed by atoms with E-state index in [1.165, 1.54) is 0 Å². The molecule has 0 saturated heterocycles. The molecule has 0 aliphatic carbocycles. The van der Waals surface area contributed by atoms with Crippen LogP contribution in [0.2, 0.25) is 0 Å². The summed E-state index contributed by atoms with van der Waals surface area (Å²) in [6.07, 6.45) is 1.65. The highest BCUT2D eigenvalue weighted by Gasteiger charge is 2.21. The van der Waals surface area contributed by atoms with Gasteiger partial charge in [0.1, 0.15) is 0 Å². The lowest BCUT2D eigenvalue weighted by Gasteiger charge is -2.17. The lowest BCUT2D eigenvalue weighted by molar-refractivity contribution is 0.287. The molecule has 1 heterocycles. The number of ether oxygens (including phenoxy) is 2. The topological polar surface area (TPSA) is 31.6 Å². The van der Waals surface area contributed by atoms with Crippen molar-refractivity contribution in [3.63, 3.8) is 0 Å². The molecule has 0 aliphatic heterocycles. The number of benzene rings is 1. The van der Waals surface area contributed by atoms with Gasteiger partial charge in [0.25, 0.3) is 0 Å². The van der Waals surface area contributed by atoms with Crippen LogP contribution in [0.4, 0.5) is 0 Å². The second-order valence-electron chi connectivity index (χ2n) is 4.20. The van der Waals surface area contributed by atoms with E-state index in [2.05, 4.69) is 47.8 Å². The summed E-state index contributed by atoms with van der Waals surface area (Å²) in [4.78, 5) is -0.0186. The summed E-state index contributed by atoms with van der Waals surface area (Å²) in [6.45, 7) is 5.09. The number of furan rings is 1. The molecule has 1 aromatic heterocycles. The van der Waals surface area contributed by atoms with Crippen LogP contribution in [-0.4, -0.2) is 13.2 Å². The minimum absolute atomic E-state index is 0.0186. The van der Waals surface area contributed by atoms with Gasteiger partial charge in [0, 0.05) is 10.0 Å². The van der Waals surface area contributed by atoms with Crippen molar-refractivity contribution < 1.29 is 13.9 Å². The van der Waals surface area contributed by atoms with Gasteiger partial charge in [0.15, 0.2) is 16.2 Å². The number of halogens is 3. The normalized spacial score (nSPS) is 12.2. The van der Waals surface area contributed by atoms with Crippen molar-refractivity contribution >= 4 is 47.8 Å². The molecule has 6 heteroatoms. The third-order valence-electron chi connectivity index (χ3n) is 2.85. The first-order chi connectivity index (χ1) is 10.1. The van der Waals surface area contributed by atoms with E-state index in [1.807, 2.05) is 32.0 Å². The molecule has 0 radical (unpaired) electrons. The summed E-state index contributed by atoms with van der Waals surface area (Å²) in [5, 5.41) is 0. The Kier molecular flexibility index (Phi) is 6.20. The van der Waals surface area contributed by atoms with E-state index in [4.69, 9.17) is 13.9 Å². The molecule has 0 fully saturated rings. The fourth-order valence-corrected chi connectivity index (χ4v) is 4.31. The Balaban J connectivity index is 2.44. The Hall–Kier alpha value is -0.460. The van der Waals surface area contributed by atoms with Crippen molar-refractivity contribution in [2.45, 2.75) is 18.7 Å². The predicted molar refractivity (Wildman–Crippen MR) is 93.7 cm³/mol. The van der Waals surface area contributed by atoms with Crippen molar-refractivity contribution in [1.29, 1.82) is 0 Å². The summed E-state index contributed by atoms with van der Waals surface area (Å²) in [5.74, 6) is 1.47. The Morgan fingerprint density at radius 1 is 1.05 bits per heavy atom. The maximum absolute atomic E-state index is 5.68. The quantitative estimate of drug-likeness (QED) is 0.467. The first kappa shape index (κ1) is 16.9. The zero-order valence-electron chi connectivity index (χ0n) is 11.7. The van der Waals surface area contributed by atoms with Crippen LogP contribution in [0.1, 0.15) is 29.8 Å². The van der Waals surface area contributed by atoms with Crippen molar-refractivity contribution in [2.75, 3.05) is 13.2 Å². The number of alkyl halides is 1. The van der Waals surface area contributed by atoms with E-state index < -0.39 is 0 Å². The molecule has 114 valence electrons. The number of hydrogen-bond acceptors (Lipinski definition) is 3. The van der Waals surface area contributed by atoms with Gasteiger partial charge in [-0.2, -0.15) is 0 Å². The third-order valence-corrected chi connectivity index (χ3v) is 5.17. The Bertz CT molecular complexity index is 610. The van der Waals surface area contributed by atoms with Gasteiger partial charge in [0.05, 0.1) is 24.3 Å². The summed E-state index contributed by atoms with van der Waals surface area (Å²) in [6, 6.07) is 5.84. The highest BCUT2D eigenvalue weighted by Crippen LogP contribution is 2.43. The molecule has 0 aliphatic rings. The molecule has 0 spiro atoms. The third kappa shape index (κ3) is 3.85. The largest absolute Gasteiger partial charge is 0.490 e. The van der Waals surface area contributed by atoms with Crippen LogP contribution in [-0.2, 0) is 0 Å². The SMILES string of the molecule is CCOc1cc(Br)c(C(Br)c2ccoc2Br)cc1OCC. The van der Waals surface area contributed by atoms with Crippen molar-refractivity contribution in [3.05, 3.63) is 44.7 Å². The van der Waals surface area contributed by atoms with Gasteiger partial charge >= 0.3 is 0 Å². The minimum atomic E-state index is -0.0186. The van der Waals surface area contributed by atoms with E-state index in [9.17, 15) is 0 Å². The lowest BCUT2D eigenvalue weighted by atomic mass is 10.1. The number of rotatable bonds is 6. The molecule has 1 atom stereocenters. The van der Waals surface area contributed by atoms with Crippen LogP contribution in [0.25, 0.3) is 0 Å². The summed E-state index contributed by atoms with van der Waals surface area (Å²) < 4.78 is 18.3. The van der Waals surface area contributed by atoms with Gasteiger partial charge in [-0.25, -0.2) is 0 Å². The Morgan fingerprint density at radius 2 is 1.67 bits per heavy atom. The second-order valence-corrected chi connectivity index (χ2v) is 6.69. The Morgan fingerprint density at radius 3 is 2.19 bits per heavy atom. The van der Waals surface area contributed by atoms with E-state index >= 15 is 0 Å². The molecular weight excluding hydrogens is 468 g/mol. The standard InChI is InChI=1S/C15H15Br3O3/c1-3-19-12-7-10(11(16)8-13(12)20-4-2)14(17)9-5-6-21-15(9)18/h5-8,14H,3-4H2,1-2H3. The molecule has 1 unspecified atom stereocenters. The molecule has 21 heavy (non-hydrogen) atoms. The van der Waals surface area contributed by atoms with Crippen LogP contribution in [0.15, 0.2) is 38.0 Å². The highest BCUT2D eigenvalue weighted by atomic mass is 79.9. The van der Waals surface area contributed by atoms with Crippen LogP contribution < -0.4 is 9.47 Å². The second kappa shape index (κ2) is 7.70. The average molecular weight is 483 g/mol. The first-order valence-electron chi connectivity index (χ1n) is 6.54. The molecule has 2 aromatic rings. The fourth-order valence-electron chi connectivity index (χ4n) is 1.93. The zero-order valence-corrected chi connectivity index (χ0v) is 16.4. The molecule has 0 N–H and O–H groups in total. The van der Waals surface area contributed by atoms with Gasteiger partial charge in [-0.1, -0.05) is 31.9 Å². The first-order valence-corrected chi connectivity index (χ1v) is 9.04. The molecule has 0 amide bonds. The van der Waals surface area contributed by atoms with Crippen LogP contribution in [0.5, 0.6) is 11.5 Å². The highest BCUT2D eigenvalue weighted by molar-refractivity contribution is 9.11. The molecule has 3 nitrogen and oxygen atoms in total. The Labute approximate surface area is 149 Å². The van der Waals surface area contributed by atoms with E-state index in [0.717, 1.165) is 27.1 Å². The van der Waals surface area contributed by atoms with E-state index in [-0.39, 0.29) is 4.83 Å². The monoisotopic (exact) mass is 480 g/mol. The summed E-state index contributed by atoms with van der Waals surface area (Å²) in [7, 11) is 0. The van der Waals surface area contributed by atoms with Gasteiger partial charge in [-0.05, 0) is 53.5 Å². The lowest BCUT2D eigenvalue weighted by Crippen LogP contribution is -2.01. The molecule has 1 aromatic carbocycles. The van der Waals surface area contributed by atoms with Crippen LogP contribution >= 0.6 is 47.8 Å². The maximum Gasteiger partial charge on any atom is 0.173 e. The van der Waals surface area contributed by atoms with Gasteiger partial charge < -0.3 is 13.9 Å². The number of hydrogen-bond donors (Lipinski definition) is 0. The van der Waals surface area contributed by atoms with Crippen LogP contribution in [0, 0.1) is 0 Å². The van der Waals surface area contributed by atoms with Gasteiger partial charge in [0.2, 0.25) is 0 Å². The fraction of sp³-hybridized carbons (Fsp3) is 0.333. The molecular formula is C15H15Br3O3. The van der Waals surface area contributed by atoms with Gasteiger partial charge in [-0.3, -0.25) is 0 Å². The van der Waals surface area contributed by atoms with Crippen LogP contribution in [0.3, 0.4) is 0 Å². The van der Waals surface area contributed by atoms with Crippen molar-refractivity contribution in [1.82, 2.24) is 0 Å². The van der Waals surface area contributed by atoms with E-state index in [0.29, 0.717) is 17.9 Å². The minimum Gasteiger partial charge on any atom is -0.490 e. The summed E-state index contributed by atoms with van der Waals surface area (Å²) in [5.41, 5.74) is 2.06.